The molecule has 1 aliphatic heterocycles. The van der Waals surface area contributed by atoms with Gasteiger partial charge in [-0.05, 0) is 37.9 Å². The summed E-state index contributed by atoms with van der Waals surface area (Å²) >= 11 is 2.91. The zero-order chi connectivity index (χ0) is 14.5. The Labute approximate surface area is 131 Å². The van der Waals surface area contributed by atoms with Crippen LogP contribution in [0.2, 0.25) is 0 Å². The Morgan fingerprint density at radius 2 is 2.10 bits per heavy atom. The zero-order valence-electron chi connectivity index (χ0n) is 11.8. The molecule has 21 heavy (non-hydrogen) atoms. The van der Waals surface area contributed by atoms with Gasteiger partial charge in [-0.3, -0.25) is 0 Å². The van der Waals surface area contributed by atoms with E-state index in [1.165, 1.54) is 42.4 Å². The van der Waals surface area contributed by atoms with Crippen molar-refractivity contribution in [1.82, 2.24) is 25.1 Å². The normalized spacial score (nSPS) is 15.2. The molecule has 0 atom stereocenters. The molecular formula is C12H17N7S2. The minimum atomic E-state index is 0.625. The van der Waals surface area contributed by atoms with E-state index in [0.717, 1.165) is 29.9 Å². The fraction of sp³-hybridized carbons (Fsp3) is 0.583. The summed E-state index contributed by atoms with van der Waals surface area (Å²) < 4.78 is 0.841. The lowest BCUT2D eigenvalue weighted by Crippen LogP contribution is -2.31. The first-order valence-electron chi connectivity index (χ1n) is 7.04. The van der Waals surface area contributed by atoms with Crippen molar-refractivity contribution in [2.75, 3.05) is 29.9 Å². The standard InChI is InChI=1S/C12H17N7S2/c1-2-13-9-15-10(19-6-4-3-5-7-19)17-11(16-9)21-12-18-14-8-20-12/h8H,2-7H2,1H3,(H,13,15,16,17). The Hall–Kier alpha value is -1.48. The second kappa shape index (κ2) is 6.99. The van der Waals surface area contributed by atoms with Crippen molar-refractivity contribution >= 4 is 35.0 Å². The van der Waals surface area contributed by atoms with Gasteiger partial charge in [0.25, 0.3) is 0 Å². The Kier molecular flexibility index (Phi) is 4.81. The molecule has 1 saturated heterocycles. The third-order valence-electron chi connectivity index (χ3n) is 3.10. The highest BCUT2D eigenvalue weighted by atomic mass is 32.2. The van der Waals surface area contributed by atoms with Gasteiger partial charge in [0.1, 0.15) is 5.51 Å². The molecule has 0 amide bonds. The lowest BCUT2D eigenvalue weighted by atomic mass is 10.1. The molecule has 0 aliphatic carbocycles. The maximum absolute atomic E-state index is 4.58. The quantitative estimate of drug-likeness (QED) is 0.898. The summed E-state index contributed by atoms with van der Waals surface area (Å²) in [7, 11) is 0. The van der Waals surface area contributed by atoms with Gasteiger partial charge >= 0.3 is 0 Å². The van der Waals surface area contributed by atoms with Crippen LogP contribution in [0.4, 0.5) is 11.9 Å². The van der Waals surface area contributed by atoms with Crippen molar-refractivity contribution in [3.8, 4) is 0 Å². The molecule has 0 spiro atoms. The van der Waals surface area contributed by atoms with Crippen molar-refractivity contribution in [2.24, 2.45) is 0 Å². The summed E-state index contributed by atoms with van der Waals surface area (Å²) in [5, 5.41) is 11.7. The third-order valence-corrected chi connectivity index (χ3v) is 4.74. The van der Waals surface area contributed by atoms with Gasteiger partial charge in [0.15, 0.2) is 4.34 Å². The van der Waals surface area contributed by atoms with Gasteiger partial charge in [-0.15, -0.1) is 10.2 Å². The van der Waals surface area contributed by atoms with Crippen LogP contribution in [0.3, 0.4) is 0 Å². The van der Waals surface area contributed by atoms with Gasteiger partial charge in [0.05, 0.1) is 0 Å². The third kappa shape index (κ3) is 3.79. The predicted octanol–water partition coefficient (Wildman–Crippen LogP) is 2.30. The largest absolute Gasteiger partial charge is 0.354 e. The van der Waals surface area contributed by atoms with Crippen LogP contribution in [0.5, 0.6) is 0 Å². The summed E-state index contributed by atoms with van der Waals surface area (Å²) in [6.45, 7) is 4.84. The molecule has 3 heterocycles. The van der Waals surface area contributed by atoms with Crippen molar-refractivity contribution in [1.29, 1.82) is 0 Å². The molecule has 2 aromatic heterocycles. The molecule has 0 bridgehead atoms. The lowest BCUT2D eigenvalue weighted by Gasteiger charge is -2.26. The van der Waals surface area contributed by atoms with Crippen LogP contribution in [-0.4, -0.2) is 44.8 Å². The second-order valence-corrected chi connectivity index (χ2v) is 6.67. The number of rotatable bonds is 5. The Balaban J connectivity index is 1.85. The highest BCUT2D eigenvalue weighted by Crippen LogP contribution is 2.28. The van der Waals surface area contributed by atoms with E-state index in [2.05, 4.69) is 35.4 Å². The molecule has 1 fully saturated rings. The Morgan fingerprint density at radius 1 is 1.24 bits per heavy atom. The first kappa shape index (κ1) is 14.5. The number of hydrogen-bond donors (Lipinski definition) is 1. The van der Waals surface area contributed by atoms with Crippen LogP contribution in [-0.2, 0) is 0 Å². The van der Waals surface area contributed by atoms with E-state index < -0.39 is 0 Å². The highest BCUT2D eigenvalue weighted by Gasteiger charge is 2.17. The smallest absolute Gasteiger partial charge is 0.231 e. The van der Waals surface area contributed by atoms with Crippen LogP contribution in [0.15, 0.2) is 15.0 Å². The highest BCUT2D eigenvalue weighted by molar-refractivity contribution is 8.00. The maximum atomic E-state index is 4.58. The van der Waals surface area contributed by atoms with Crippen LogP contribution in [0.1, 0.15) is 26.2 Å². The monoisotopic (exact) mass is 323 g/mol. The topological polar surface area (TPSA) is 79.7 Å². The lowest BCUT2D eigenvalue weighted by molar-refractivity contribution is 0.565. The second-order valence-electron chi connectivity index (χ2n) is 4.63. The van der Waals surface area contributed by atoms with E-state index in [4.69, 9.17) is 0 Å². The molecule has 0 saturated carbocycles. The van der Waals surface area contributed by atoms with E-state index in [1.807, 2.05) is 6.92 Å². The molecule has 1 aliphatic rings. The van der Waals surface area contributed by atoms with Gasteiger partial charge in [-0.2, -0.15) is 15.0 Å². The molecule has 9 heteroatoms. The summed E-state index contributed by atoms with van der Waals surface area (Å²) in [5.74, 6) is 1.38. The molecule has 1 N–H and O–H groups in total. The average molecular weight is 323 g/mol. The maximum Gasteiger partial charge on any atom is 0.231 e. The summed E-state index contributed by atoms with van der Waals surface area (Å²) in [5.41, 5.74) is 1.71. The first-order chi connectivity index (χ1) is 10.3. The minimum absolute atomic E-state index is 0.625. The van der Waals surface area contributed by atoms with Crippen molar-refractivity contribution in [2.45, 2.75) is 35.7 Å². The van der Waals surface area contributed by atoms with Crippen LogP contribution in [0.25, 0.3) is 0 Å². The Morgan fingerprint density at radius 3 is 2.81 bits per heavy atom. The van der Waals surface area contributed by atoms with Gasteiger partial charge in [-0.1, -0.05) is 11.3 Å². The minimum Gasteiger partial charge on any atom is -0.354 e. The van der Waals surface area contributed by atoms with Crippen LogP contribution in [0, 0.1) is 0 Å². The predicted molar refractivity (Wildman–Crippen MR) is 84.1 cm³/mol. The molecule has 2 aromatic rings. The number of hydrogen-bond acceptors (Lipinski definition) is 9. The van der Waals surface area contributed by atoms with Gasteiger partial charge < -0.3 is 10.2 Å². The van der Waals surface area contributed by atoms with Gasteiger partial charge in [-0.25, -0.2) is 0 Å². The van der Waals surface area contributed by atoms with Crippen molar-refractivity contribution in [3.05, 3.63) is 5.51 Å². The fourth-order valence-corrected chi connectivity index (χ4v) is 3.48. The summed E-state index contributed by atoms with van der Waals surface area (Å²) in [4.78, 5) is 15.8. The number of aromatic nitrogens is 5. The van der Waals surface area contributed by atoms with Gasteiger partial charge in [0.2, 0.25) is 17.1 Å². The van der Waals surface area contributed by atoms with E-state index in [0.29, 0.717) is 11.1 Å². The molecule has 0 unspecified atom stereocenters. The van der Waals surface area contributed by atoms with E-state index in [1.54, 1.807) is 5.51 Å². The number of nitrogens with one attached hydrogen (secondary N) is 1. The van der Waals surface area contributed by atoms with Crippen LogP contribution < -0.4 is 10.2 Å². The molecular weight excluding hydrogens is 306 g/mol. The van der Waals surface area contributed by atoms with Crippen molar-refractivity contribution in [3.63, 3.8) is 0 Å². The van der Waals surface area contributed by atoms with Gasteiger partial charge in [0, 0.05) is 19.6 Å². The SMILES string of the molecule is CCNc1nc(Sc2nncs2)nc(N2CCCCC2)n1. The van der Waals surface area contributed by atoms with Crippen molar-refractivity contribution < 1.29 is 0 Å². The van der Waals surface area contributed by atoms with Crippen LogP contribution >= 0.6 is 23.1 Å². The fourth-order valence-electron chi connectivity index (χ4n) is 2.15. The van der Waals surface area contributed by atoms with E-state index in [9.17, 15) is 0 Å². The molecule has 0 aromatic carbocycles. The first-order valence-corrected chi connectivity index (χ1v) is 8.73. The number of anilines is 2. The summed E-state index contributed by atoms with van der Waals surface area (Å²) in [6, 6.07) is 0. The number of nitrogens with zero attached hydrogens (tertiary/aromatic N) is 6. The molecule has 3 rings (SSSR count). The number of piperidine rings is 1. The zero-order valence-corrected chi connectivity index (χ0v) is 13.5. The van der Waals surface area contributed by atoms with E-state index >= 15 is 0 Å². The summed E-state index contributed by atoms with van der Waals surface area (Å²) in [6.07, 6.45) is 3.68. The Bertz CT molecular complexity index is 569. The molecule has 112 valence electrons. The molecule has 7 nitrogen and oxygen atoms in total. The molecule has 0 radical (unpaired) electrons. The van der Waals surface area contributed by atoms with E-state index in [-0.39, 0.29) is 0 Å². The average Bonchev–Trinajstić information content (AvgIpc) is 3.01.